The summed E-state index contributed by atoms with van der Waals surface area (Å²) < 4.78 is 66.0. The molecule has 3 aromatic rings. The predicted octanol–water partition coefficient (Wildman–Crippen LogP) is 6.55. The van der Waals surface area contributed by atoms with Crippen molar-refractivity contribution in [3.63, 3.8) is 0 Å². The highest BCUT2D eigenvalue weighted by atomic mass is 35.5. The van der Waals surface area contributed by atoms with Gasteiger partial charge in [0.1, 0.15) is 28.8 Å². The predicted molar refractivity (Wildman–Crippen MR) is 182 cm³/mol. The normalized spacial score (nSPS) is 26.7. The number of carbonyl (C=O) groups is 4. The number of phenols is 1. The van der Waals surface area contributed by atoms with Crippen LogP contribution in [0.1, 0.15) is 36.9 Å². The maximum absolute atomic E-state index is 14.7. The van der Waals surface area contributed by atoms with Gasteiger partial charge < -0.3 is 14.6 Å². The molecule has 2 aromatic carbocycles. The Balaban J connectivity index is 1.37. The lowest BCUT2D eigenvalue weighted by molar-refractivity contribution is -0.141. The minimum absolute atomic E-state index is 0.00640. The summed E-state index contributed by atoms with van der Waals surface area (Å²) in [6.07, 6.45) is -3.26. The molecule has 53 heavy (non-hydrogen) atoms. The molecule has 0 spiro atoms. The van der Waals surface area contributed by atoms with Crippen molar-refractivity contribution in [3.05, 3.63) is 81.2 Å². The molecule has 2 saturated heterocycles. The van der Waals surface area contributed by atoms with E-state index < -0.39 is 82.1 Å². The quantitative estimate of drug-likeness (QED) is 0.168. The van der Waals surface area contributed by atoms with Crippen molar-refractivity contribution in [1.29, 1.82) is 0 Å². The SMILES string of the molecule is COc1cc(O)c(C2C3=CCC4C(=O)N(N(C)c5nc(C(F)(F)F)ccc5Cl)C(=O)C4C3CC3C(=O)N(c4ccc(F)c(Cl)c4)C(=O)C32C)c(OC)c1. The minimum atomic E-state index is -4.85. The number of hydrogen-bond acceptors (Lipinski definition) is 9. The molecule has 1 saturated carbocycles. The number of rotatable bonds is 6. The largest absolute Gasteiger partial charge is 0.507 e. The average molecular weight is 778 g/mol. The van der Waals surface area contributed by atoms with Crippen LogP contribution in [0.15, 0.2) is 54.1 Å². The molecule has 3 heterocycles. The molecular formula is C36H30Cl2F4N4O7. The summed E-state index contributed by atoms with van der Waals surface area (Å²) in [5.41, 5.74) is -2.30. The molecule has 4 amide bonds. The average Bonchev–Trinajstić information content (AvgIpc) is 3.48. The number of hydrogen-bond donors (Lipinski definition) is 1. The zero-order valence-corrected chi connectivity index (χ0v) is 29.9. The Labute approximate surface area is 309 Å². The fourth-order valence-electron chi connectivity index (χ4n) is 8.55. The van der Waals surface area contributed by atoms with Gasteiger partial charge in [-0.2, -0.15) is 18.2 Å². The zero-order chi connectivity index (χ0) is 38.5. The first-order valence-electron chi connectivity index (χ1n) is 16.3. The summed E-state index contributed by atoms with van der Waals surface area (Å²) in [5, 5.41) is 12.6. The molecule has 11 nitrogen and oxygen atoms in total. The van der Waals surface area contributed by atoms with Gasteiger partial charge in [-0.25, -0.2) is 14.3 Å². The monoisotopic (exact) mass is 776 g/mol. The second-order valence-corrected chi connectivity index (χ2v) is 14.3. The molecule has 2 aliphatic carbocycles. The molecule has 17 heteroatoms. The van der Waals surface area contributed by atoms with Gasteiger partial charge in [-0.05, 0) is 56.0 Å². The number of allylic oxidation sites excluding steroid dienone is 2. The summed E-state index contributed by atoms with van der Waals surface area (Å²) >= 11 is 12.3. The zero-order valence-electron chi connectivity index (χ0n) is 28.4. The highest BCUT2D eigenvalue weighted by molar-refractivity contribution is 6.33. The fraction of sp³-hybridized carbons (Fsp3) is 0.361. The number of halogens is 6. The van der Waals surface area contributed by atoms with E-state index in [0.29, 0.717) is 16.6 Å². The Morgan fingerprint density at radius 2 is 1.68 bits per heavy atom. The number of pyridine rings is 1. The lowest BCUT2D eigenvalue weighted by Crippen LogP contribution is -2.49. The third kappa shape index (κ3) is 5.33. The number of aromatic hydroxyl groups is 1. The summed E-state index contributed by atoms with van der Waals surface area (Å²) in [5.74, 6) is -9.39. The van der Waals surface area contributed by atoms with Crippen molar-refractivity contribution in [2.45, 2.75) is 31.9 Å². The first-order valence-corrected chi connectivity index (χ1v) is 17.0. The van der Waals surface area contributed by atoms with Crippen LogP contribution in [0, 0.1) is 34.9 Å². The number of fused-ring (bicyclic) bond motifs is 4. The summed E-state index contributed by atoms with van der Waals surface area (Å²) in [7, 11) is 3.92. The Kier molecular flexibility index (Phi) is 8.68. The lowest BCUT2D eigenvalue weighted by atomic mass is 9.51. The topological polar surface area (TPSA) is 130 Å². The Morgan fingerprint density at radius 1 is 0.962 bits per heavy atom. The van der Waals surface area contributed by atoms with Gasteiger partial charge in [-0.15, -0.1) is 0 Å². The molecule has 0 radical (unpaired) electrons. The maximum Gasteiger partial charge on any atom is 0.433 e. The fourth-order valence-corrected chi connectivity index (χ4v) is 8.95. The van der Waals surface area contributed by atoms with E-state index in [1.165, 1.54) is 39.5 Å². The van der Waals surface area contributed by atoms with E-state index >= 15 is 0 Å². The third-order valence-corrected chi connectivity index (χ3v) is 11.6. The number of methoxy groups -OCH3 is 2. The summed E-state index contributed by atoms with van der Waals surface area (Å²) in [6.45, 7) is 1.57. The number of aromatic nitrogens is 1. The summed E-state index contributed by atoms with van der Waals surface area (Å²) in [6, 6.07) is 7.85. The van der Waals surface area contributed by atoms with Crippen LogP contribution in [0.25, 0.3) is 0 Å². The van der Waals surface area contributed by atoms with Gasteiger partial charge in [-0.3, -0.25) is 24.2 Å². The number of hydrazine groups is 1. The number of amides is 4. The van der Waals surface area contributed by atoms with Crippen LogP contribution in [-0.4, -0.2) is 60.0 Å². The van der Waals surface area contributed by atoms with E-state index in [2.05, 4.69) is 4.98 Å². The third-order valence-electron chi connectivity index (χ3n) is 11.0. The molecule has 3 fully saturated rings. The number of imide groups is 2. The molecule has 2 aliphatic heterocycles. The molecule has 0 bridgehead atoms. The van der Waals surface area contributed by atoms with E-state index in [4.69, 9.17) is 32.7 Å². The second kappa shape index (κ2) is 12.6. The highest BCUT2D eigenvalue weighted by Gasteiger charge is 2.68. The first-order chi connectivity index (χ1) is 24.9. The van der Waals surface area contributed by atoms with Gasteiger partial charge in [0.2, 0.25) is 11.8 Å². The van der Waals surface area contributed by atoms with Crippen molar-refractivity contribution >= 4 is 58.3 Å². The number of ether oxygens (including phenoxy) is 2. The van der Waals surface area contributed by atoms with Crippen molar-refractivity contribution < 1.29 is 51.3 Å². The number of alkyl halides is 3. The second-order valence-electron chi connectivity index (χ2n) is 13.5. The van der Waals surface area contributed by atoms with Gasteiger partial charge >= 0.3 is 6.18 Å². The van der Waals surface area contributed by atoms with Crippen molar-refractivity contribution in [3.8, 4) is 17.2 Å². The van der Waals surface area contributed by atoms with Crippen LogP contribution >= 0.6 is 23.2 Å². The van der Waals surface area contributed by atoms with Gasteiger partial charge in [0.25, 0.3) is 11.8 Å². The molecule has 6 unspecified atom stereocenters. The van der Waals surface area contributed by atoms with Crippen LogP contribution < -0.4 is 19.4 Å². The smallest absolute Gasteiger partial charge is 0.433 e. The van der Waals surface area contributed by atoms with Crippen molar-refractivity contribution in [2.75, 3.05) is 31.2 Å². The molecule has 6 atom stereocenters. The standard InChI is InChI=1S/C36H30Cl2F4N4O7/c1-35-20(32(49)45(34(35)51)15-5-9-23(39)22(38)11-15)14-19-17(29(35)28-24(47)12-16(52-3)13-25(28)53-4)6-7-18-27(19)33(50)46(31(18)48)44(2)30-21(37)8-10-26(43-30)36(40,41)42/h5-6,8-13,18-20,27,29,47H,7,14H2,1-4H3. The van der Waals surface area contributed by atoms with Crippen LogP contribution in [-0.2, 0) is 25.4 Å². The van der Waals surface area contributed by atoms with Gasteiger partial charge in [0.15, 0.2) is 5.82 Å². The van der Waals surface area contributed by atoms with Crippen molar-refractivity contribution in [1.82, 2.24) is 9.99 Å². The number of phenolic OH excluding ortho intramolecular Hbond substituents is 1. The Hall–Kier alpha value is -4.89. The van der Waals surface area contributed by atoms with Crippen LogP contribution in [0.4, 0.5) is 29.1 Å². The van der Waals surface area contributed by atoms with Crippen LogP contribution in [0.2, 0.25) is 10.0 Å². The number of benzene rings is 2. The van der Waals surface area contributed by atoms with E-state index in [9.17, 15) is 41.8 Å². The molecule has 1 N–H and O–H groups in total. The molecule has 1 aromatic heterocycles. The minimum Gasteiger partial charge on any atom is -0.507 e. The van der Waals surface area contributed by atoms with E-state index in [1.54, 1.807) is 13.0 Å². The summed E-state index contributed by atoms with van der Waals surface area (Å²) in [4.78, 5) is 62.1. The van der Waals surface area contributed by atoms with E-state index in [0.717, 1.165) is 28.1 Å². The Morgan fingerprint density at radius 3 is 2.32 bits per heavy atom. The highest BCUT2D eigenvalue weighted by Crippen LogP contribution is 2.65. The number of carbonyl (C=O) groups excluding carboxylic acids is 4. The van der Waals surface area contributed by atoms with Gasteiger partial charge in [0, 0.05) is 30.7 Å². The maximum atomic E-state index is 14.7. The number of nitrogens with zero attached hydrogens (tertiary/aromatic N) is 4. The molecular weight excluding hydrogens is 747 g/mol. The molecule has 7 rings (SSSR count). The van der Waals surface area contributed by atoms with Crippen molar-refractivity contribution in [2.24, 2.45) is 29.1 Å². The molecule has 4 aliphatic rings. The molecule has 278 valence electrons. The van der Waals surface area contributed by atoms with Gasteiger partial charge in [0.05, 0.1) is 53.1 Å². The Bertz CT molecular complexity index is 2150. The van der Waals surface area contributed by atoms with Crippen LogP contribution in [0.5, 0.6) is 17.2 Å². The van der Waals surface area contributed by atoms with E-state index in [1.807, 2.05) is 0 Å². The van der Waals surface area contributed by atoms with E-state index in [-0.39, 0.29) is 51.4 Å². The first kappa shape index (κ1) is 36.5. The van der Waals surface area contributed by atoms with Gasteiger partial charge in [-0.1, -0.05) is 34.9 Å². The van der Waals surface area contributed by atoms with Crippen LogP contribution in [0.3, 0.4) is 0 Å². The lowest BCUT2D eigenvalue weighted by Gasteiger charge is -2.49. The number of anilines is 2.